The largest absolute Gasteiger partial charge is 0.331 e. The zero-order chi connectivity index (χ0) is 12.7. The summed E-state index contributed by atoms with van der Waals surface area (Å²) in [6, 6.07) is 6.43. The van der Waals surface area contributed by atoms with E-state index >= 15 is 0 Å². The number of halogens is 1. The van der Waals surface area contributed by atoms with Crippen molar-refractivity contribution in [3.63, 3.8) is 0 Å². The molecule has 0 bridgehead atoms. The highest BCUT2D eigenvalue weighted by Crippen LogP contribution is 2.38. The van der Waals surface area contributed by atoms with E-state index in [-0.39, 0.29) is 0 Å². The van der Waals surface area contributed by atoms with E-state index in [0.717, 1.165) is 26.1 Å². The highest BCUT2D eigenvalue weighted by molar-refractivity contribution is 7.99. The minimum Gasteiger partial charge on any atom is -0.331 e. The first-order valence-corrected chi connectivity index (χ1v) is 8.19. The third-order valence-corrected chi connectivity index (χ3v) is 5.36. The molecule has 0 amide bonds. The van der Waals surface area contributed by atoms with Gasteiger partial charge in [0.15, 0.2) is 4.77 Å². The van der Waals surface area contributed by atoms with E-state index in [9.17, 15) is 0 Å². The number of aromatic nitrogens is 2. The van der Waals surface area contributed by atoms with Gasteiger partial charge in [-0.25, -0.2) is 0 Å². The Bertz CT molecular complexity index is 631. The summed E-state index contributed by atoms with van der Waals surface area (Å²) in [5.74, 6) is 0. The van der Waals surface area contributed by atoms with Gasteiger partial charge in [-0.2, -0.15) is 11.8 Å². The molecule has 1 aliphatic carbocycles. The Morgan fingerprint density at radius 3 is 3.00 bits per heavy atom. The zero-order valence-electron chi connectivity index (χ0n) is 10.1. The lowest BCUT2D eigenvalue weighted by Gasteiger charge is -2.13. The number of aromatic amines is 1. The molecule has 1 fully saturated rings. The summed E-state index contributed by atoms with van der Waals surface area (Å²) in [5, 5.41) is 1.53. The van der Waals surface area contributed by atoms with Crippen molar-refractivity contribution in [2.75, 3.05) is 6.26 Å². The smallest absolute Gasteiger partial charge is 0.178 e. The Kier molecular flexibility index (Phi) is 3.43. The van der Waals surface area contributed by atoms with Crippen LogP contribution in [-0.2, 0) is 0 Å². The maximum Gasteiger partial charge on any atom is 0.178 e. The first kappa shape index (κ1) is 12.6. The molecular weight excluding hydrogens is 284 g/mol. The van der Waals surface area contributed by atoms with Crippen LogP contribution in [0.25, 0.3) is 11.0 Å². The Labute approximate surface area is 121 Å². The molecule has 18 heavy (non-hydrogen) atoms. The van der Waals surface area contributed by atoms with E-state index in [1.165, 1.54) is 19.3 Å². The fourth-order valence-electron chi connectivity index (χ4n) is 2.82. The SMILES string of the molecule is CSC1CCC(n2c(=S)[nH]c3ccc(Cl)cc32)C1. The van der Waals surface area contributed by atoms with E-state index < -0.39 is 0 Å². The van der Waals surface area contributed by atoms with Crippen LogP contribution in [0.3, 0.4) is 0 Å². The summed E-state index contributed by atoms with van der Waals surface area (Å²) >= 11 is 13.5. The average molecular weight is 299 g/mol. The first-order valence-electron chi connectivity index (χ1n) is 6.11. The van der Waals surface area contributed by atoms with Gasteiger partial charge in [-0.05, 0) is 55.9 Å². The van der Waals surface area contributed by atoms with Crippen LogP contribution in [-0.4, -0.2) is 21.1 Å². The van der Waals surface area contributed by atoms with Crippen molar-refractivity contribution < 1.29 is 0 Å². The molecule has 1 N–H and O–H groups in total. The molecule has 0 radical (unpaired) electrons. The van der Waals surface area contributed by atoms with Crippen molar-refractivity contribution in [2.45, 2.75) is 30.6 Å². The van der Waals surface area contributed by atoms with Crippen LogP contribution in [0.15, 0.2) is 18.2 Å². The fraction of sp³-hybridized carbons (Fsp3) is 0.462. The van der Waals surface area contributed by atoms with Gasteiger partial charge >= 0.3 is 0 Å². The van der Waals surface area contributed by atoms with Crippen LogP contribution in [0.4, 0.5) is 0 Å². The molecule has 1 heterocycles. The topological polar surface area (TPSA) is 20.7 Å². The zero-order valence-corrected chi connectivity index (χ0v) is 12.5. The van der Waals surface area contributed by atoms with Crippen LogP contribution < -0.4 is 0 Å². The second kappa shape index (κ2) is 4.91. The van der Waals surface area contributed by atoms with Crippen molar-refractivity contribution in [3.05, 3.63) is 28.0 Å². The number of hydrogen-bond donors (Lipinski definition) is 1. The molecule has 1 saturated carbocycles. The number of imidazole rings is 1. The molecule has 96 valence electrons. The maximum atomic E-state index is 6.10. The van der Waals surface area contributed by atoms with Crippen LogP contribution in [0.5, 0.6) is 0 Å². The van der Waals surface area contributed by atoms with Crippen molar-refractivity contribution in [1.82, 2.24) is 9.55 Å². The van der Waals surface area contributed by atoms with Crippen LogP contribution in [0.2, 0.25) is 5.02 Å². The summed E-state index contributed by atoms with van der Waals surface area (Å²) < 4.78 is 3.08. The minimum atomic E-state index is 0.516. The molecule has 2 atom stereocenters. The normalized spacial score (nSPS) is 23.9. The van der Waals surface area contributed by atoms with Gasteiger partial charge in [-0.3, -0.25) is 0 Å². The Morgan fingerprint density at radius 2 is 2.28 bits per heavy atom. The fourth-order valence-corrected chi connectivity index (χ4v) is 4.13. The van der Waals surface area contributed by atoms with Crippen molar-refractivity contribution >= 4 is 46.6 Å². The van der Waals surface area contributed by atoms with Crippen LogP contribution in [0.1, 0.15) is 25.3 Å². The molecule has 1 aromatic heterocycles. The highest BCUT2D eigenvalue weighted by atomic mass is 35.5. The van der Waals surface area contributed by atoms with Crippen LogP contribution in [0, 0.1) is 4.77 Å². The maximum absolute atomic E-state index is 6.10. The highest BCUT2D eigenvalue weighted by Gasteiger charge is 2.26. The first-order chi connectivity index (χ1) is 8.69. The second-order valence-corrected chi connectivity index (χ2v) is 6.75. The number of nitrogens with one attached hydrogen (secondary N) is 1. The molecule has 1 aromatic carbocycles. The summed E-state index contributed by atoms with van der Waals surface area (Å²) in [7, 11) is 0. The van der Waals surface area contributed by atoms with Gasteiger partial charge in [0.05, 0.1) is 11.0 Å². The molecule has 2 nitrogen and oxygen atoms in total. The molecule has 2 aromatic rings. The lowest BCUT2D eigenvalue weighted by atomic mass is 10.2. The third kappa shape index (κ3) is 2.10. The number of rotatable bonds is 2. The molecule has 2 unspecified atom stereocenters. The second-order valence-electron chi connectivity index (χ2n) is 4.79. The minimum absolute atomic E-state index is 0.516. The van der Waals surface area contributed by atoms with Gasteiger partial charge in [0, 0.05) is 16.3 Å². The quantitative estimate of drug-likeness (QED) is 0.803. The van der Waals surface area contributed by atoms with Gasteiger partial charge in [0.1, 0.15) is 0 Å². The van der Waals surface area contributed by atoms with Gasteiger partial charge in [-0.15, -0.1) is 0 Å². The predicted molar refractivity (Wildman–Crippen MR) is 82.3 cm³/mol. The lowest BCUT2D eigenvalue weighted by molar-refractivity contribution is 0.527. The van der Waals surface area contributed by atoms with E-state index in [0.29, 0.717) is 6.04 Å². The number of benzene rings is 1. The van der Waals surface area contributed by atoms with E-state index in [1.54, 1.807) is 0 Å². The molecule has 1 aliphatic rings. The van der Waals surface area contributed by atoms with Gasteiger partial charge in [0.25, 0.3) is 0 Å². The van der Waals surface area contributed by atoms with E-state index in [2.05, 4.69) is 15.8 Å². The summed E-state index contributed by atoms with van der Waals surface area (Å²) in [5.41, 5.74) is 2.22. The number of fused-ring (bicyclic) bond motifs is 1. The predicted octanol–water partition coefficient (Wildman–Crippen LogP) is 4.81. The average Bonchev–Trinajstić information content (AvgIpc) is 2.92. The Morgan fingerprint density at radius 1 is 1.44 bits per heavy atom. The standard InChI is InChI=1S/C13H15ClN2S2/c1-18-10-4-3-9(7-10)16-12-6-8(14)2-5-11(12)15-13(16)17/h2,5-6,9-10H,3-4,7H2,1H3,(H,15,17). The van der Waals surface area contributed by atoms with Crippen molar-refractivity contribution in [2.24, 2.45) is 0 Å². The summed E-state index contributed by atoms with van der Waals surface area (Å²) in [6.45, 7) is 0. The summed E-state index contributed by atoms with van der Waals surface area (Å²) in [4.78, 5) is 3.28. The molecular formula is C13H15ClN2S2. The number of nitrogens with zero attached hydrogens (tertiary/aromatic N) is 1. The third-order valence-electron chi connectivity index (χ3n) is 3.74. The molecule has 0 aliphatic heterocycles. The number of thioether (sulfide) groups is 1. The van der Waals surface area contributed by atoms with E-state index in [1.807, 2.05) is 30.0 Å². The number of H-pyrrole nitrogens is 1. The van der Waals surface area contributed by atoms with Crippen molar-refractivity contribution in [1.29, 1.82) is 0 Å². The summed E-state index contributed by atoms with van der Waals surface area (Å²) in [6.07, 6.45) is 5.88. The lowest BCUT2D eigenvalue weighted by Crippen LogP contribution is -2.06. The van der Waals surface area contributed by atoms with Crippen molar-refractivity contribution in [3.8, 4) is 0 Å². The molecule has 0 saturated heterocycles. The molecule has 3 rings (SSSR count). The van der Waals surface area contributed by atoms with Gasteiger partial charge in [-0.1, -0.05) is 11.6 Å². The molecule has 5 heteroatoms. The van der Waals surface area contributed by atoms with Gasteiger partial charge in [0.2, 0.25) is 0 Å². The molecule has 0 spiro atoms. The number of hydrogen-bond acceptors (Lipinski definition) is 2. The Balaban J connectivity index is 2.08. The van der Waals surface area contributed by atoms with Crippen LogP contribution >= 0.6 is 35.6 Å². The van der Waals surface area contributed by atoms with E-state index in [4.69, 9.17) is 23.8 Å². The van der Waals surface area contributed by atoms with Gasteiger partial charge < -0.3 is 9.55 Å². The Hall–Kier alpha value is -0.450. The monoisotopic (exact) mass is 298 g/mol.